The van der Waals surface area contributed by atoms with Crippen LogP contribution in [0.25, 0.3) is 0 Å². The molecule has 0 saturated heterocycles. The Labute approximate surface area is 103 Å². The first-order valence-corrected chi connectivity index (χ1v) is 7.21. The van der Waals surface area contributed by atoms with E-state index >= 15 is 0 Å². The van der Waals surface area contributed by atoms with E-state index < -0.39 is 5.97 Å². The fourth-order valence-corrected chi connectivity index (χ4v) is 2.06. The summed E-state index contributed by atoms with van der Waals surface area (Å²) in [5.74, 6) is -0.779. The zero-order chi connectivity index (χ0) is 12.0. The molecule has 1 unspecified atom stereocenters. The van der Waals surface area contributed by atoms with Gasteiger partial charge in [-0.15, -0.1) is 11.3 Å². The number of nitrogens with zero attached hydrogens (tertiary/aromatic N) is 1. The minimum atomic E-state index is -0.779. The molecule has 6 heteroatoms. The number of thiazole rings is 1. The summed E-state index contributed by atoms with van der Waals surface area (Å²) in [4.78, 5) is 14.7. The van der Waals surface area contributed by atoms with E-state index in [1.807, 2.05) is 5.38 Å². The van der Waals surface area contributed by atoms with Crippen molar-refractivity contribution in [1.29, 1.82) is 0 Å². The largest absolute Gasteiger partial charge is 0.481 e. The highest BCUT2D eigenvalue weighted by molar-refractivity contribution is 7.99. The van der Waals surface area contributed by atoms with Crippen LogP contribution in [0.5, 0.6) is 0 Å². The third kappa shape index (κ3) is 4.85. The second-order valence-electron chi connectivity index (χ2n) is 3.46. The Morgan fingerprint density at radius 1 is 1.75 bits per heavy atom. The summed E-state index contributed by atoms with van der Waals surface area (Å²) < 4.78 is 0. The van der Waals surface area contributed by atoms with Crippen molar-refractivity contribution in [1.82, 2.24) is 4.98 Å². The molecule has 0 fully saturated rings. The van der Waals surface area contributed by atoms with Crippen LogP contribution in [0.4, 0.5) is 5.13 Å². The molecule has 0 spiro atoms. The van der Waals surface area contributed by atoms with Crippen molar-refractivity contribution in [3.05, 3.63) is 11.1 Å². The number of carbonyl (C=O) groups is 1. The molecule has 1 aromatic rings. The van der Waals surface area contributed by atoms with E-state index in [1.165, 1.54) is 11.3 Å². The number of aryl methyl sites for hydroxylation is 1. The lowest BCUT2D eigenvalue weighted by Gasteiger charge is -2.07. The van der Waals surface area contributed by atoms with Crippen molar-refractivity contribution >= 4 is 34.2 Å². The summed E-state index contributed by atoms with van der Waals surface area (Å²) in [5, 5.41) is 15.1. The van der Waals surface area contributed by atoms with Gasteiger partial charge >= 0.3 is 5.97 Å². The van der Waals surface area contributed by atoms with Gasteiger partial charge in [0.15, 0.2) is 5.13 Å². The van der Waals surface area contributed by atoms with E-state index in [-0.39, 0.29) is 6.42 Å². The molecule has 0 aromatic carbocycles. The number of hydrogen-bond acceptors (Lipinski definition) is 5. The first-order chi connectivity index (χ1) is 7.61. The lowest BCUT2D eigenvalue weighted by Crippen LogP contribution is -2.12. The number of aliphatic carboxylic acids is 1. The van der Waals surface area contributed by atoms with Crippen molar-refractivity contribution in [2.75, 3.05) is 18.1 Å². The lowest BCUT2D eigenvalue weighted by molar-refractivity contribution is -0.136. The smallest absolute Gasteiger partial charge is 0.303 e. The van der Waals surface area contributed by atoms with Crippen LogP contribution in [-0.2, 0) is 11.2 Å². The first kappa shape index (κ1) is 13.3. The molecule has 0 aliphatic heterocycles. The Kier molecular flexibility index (Phi) is 5.62. The Morgan fingerprint density at radius 3 is 3.12 bits per heavy atom. The Hall–Kier alpha value is -0.750. The SMILES string of the molecule is CSC(C)CNc1nc(CCC(=O)O)cs1. The molecule has 1 rings (SSSR count). The maximum atomic E-state index is 10.4. The summed E-state index contributed by atoms with van der Waals surface area (Å²) in [7, 11) is 0. The second kappa shape index (κ2) is 6.75. The van der Waals surface area contributed by atoms with Crippen LogP contribution in [0, 0.1) is 0 Å². The lowest BCUT2D eigenvalue weighted by atomic mass is 10.2. The third-order valence-electron chi connectivity index (χ3n) is 2.09. The van der Waals surface area contributed by atoms with E-state index in [1.54, 1.807) is 11.8 Å². The quantitative estimate of drug-likeness (QED) is 0.788. The van der Waals surface area contributed by atoms with Gasteiger partial charge in [0, 0.05) is 23.6 Å². The molecule has 4 nitrogen and oxygen atoms in total. The minimum absolute atomic E-state index is 0.143. The van der Waals surface area contributed by atoms with Crippen molar-refractivity contribution in [3.8, 4) is 0 Å². The molecular formula is C10H16N2O2S2. The molecule has 0 radical (unpaired) electrons. The minimum Gasteiger partial charge on any atom is -0.481 e. The average molecular weight is 260 g/mol. The normalized spacial score (nSPS) is 12.4. The van der Waals surface area contributed by atoms with Crippen molar-refractivity contribution in [3.63, 3.8) is 0 Å². The third-order valence-corrected chi connectivity index (χ3v) is 3.91. The van der Waals surface area contributed by atoms with E-state index in [0.717, 1.165) is 17.4 Å². The highest BCUT2D eigenvalue weighted by Crippen LogP contribution is 2.17. The van der Waals surface area contributed by atoms with Gasteiger partial charge in [0.05, 0.1) is 12.1 Å². The summed E-state index contributed by atoms with van der Waals surface area (Å²) in [6.45, 7) is 3.03. The van der Waals surface area contributed by atoms with Gasteiger partial charge in [-0.2, -0.15) is 11.8 Å². The number of carboxylic acid groups (broad SMARTS) is 1. The second-order valence-corrected chi connectivity index (χ2v) is 5.60. The number of carboxylic acids is 1. The molecule has 2 N–H and O–H groups in total. The van der Waals surface area contributed by atoms with E-state index in [4.69, 9.17) is 5.11 Å². The topological polar surface area (TPSA) is 62.2 Å². The number of aromatic nitrogens is 1. The van der Waals surface area contributed by atoms with Crippen molar-refractivity contribution < 1.29 is 9.90 Å². The van der Waals surface area contributed by atoms with Gasteiger partial charge in [0.25, 0.3) is 0 Å². The highest BCUT2D eigenvalue weighted by atomic mass is 32.2. The summed E-state index contributed by atoms with van der Waals surface area (Å²) in [6.07, 6.45) is 2.72. The van der Waals surface area contributed by atoms with Crippen LogP contribution >= 0.6 is 23.1 Å². The Morgan fingerprint density at radius 2 is 2.50 bits per heavy atom. The molecular weight excluding hydrogens is 244 g/mol. The van der Waals surface area contributed by atoms with Crippen LogP contribution in [0.1, 0.15) is 19.0 Å². The average Bonchev–Trinajstić information content (AvgIpc) is 2.71. The fourth-order valence-electron chi connectivity index (χ4n) is 1.05. The Balaban J connectivity index is 2.36. The molecule has 0 saturated carbocycles. The van der Waals surface area contributed by atoms with Crippen LogP contribution in [-0.4, -0.2) is 34.1 Å². The van der Waals surface area contributed by atoms with Crippen molar-refractivity contribution in [2.24, 2.45) is 0 Å². The van der Waals surface area contributed by atoms with Gasteiger partial charge in [-0.05, 0) is 6.26 Å². The maximum Gasteiger partial charge on any atom is 0.303 e. The zero-order valence-electron chi connectivity index (χ0n) is 9.40. The van der Waals surface area contributed by atoms with Crippen LogP contribution in [0.15, 0.2) is 5.38 Å². The molecule has 1 heterocycles. The maximum absolute atomic E-state index is 10.4. The van der Waals surface area contributed by atoms with Gasteiger partial charge < -0.3 is 10.4 Å². The highest BCUT2D eigenvalue weighted by Gasteiger charge is 2.05. The Bertz CT molecular complexity index is 341. The summed E-state index contributed by atoms with van der Waals surface area (Å²) in [5.41, 5.74) is 0.853. The number of thioether (sulfide) groups is 1. The monoisotopic (exact) mass is 260 g/mol. The summed E-state index contributed by atoms with van der Waals surface area (Å²) >= 11 is 3.33. The van der Waals surface area contributed by atoms with Crippen LogP contribution in [0.3, 0.4) is 0 Å². The standard InChI is InChI=1S/C10H16N2O2S2/c1-7(15-2)5-11-10-12-8(6-16-10)3-4-9(13)14/h6-7H,3-5H2,1-2H3,(H,11,12)(H,13,14). The van der Waals surface area contributed by atoms with Gasteiger partial charge in [0.1, 0.15) is 0 Å². The summed E-state index contributed by atoms with van der Waals surface area (Å²) in [6, 6.07) is 0. The molecule has 1 atom stereocenters. The molecule has 0 amide bonds. The van der Waals surface area contributed by atoms with Crippen LogP contribution in [0.2, 0.25) is 0 Å². The molecule has 0 aliphatic carbocycles. The number of anilines is 1. The van der Waals surface area contributed by atoms with Gasteiger partial charge in [-0.3, -0.25) is 4.79 Å². The first-order valence-electron chi connectivity index (χ1n) is 5.04. The number of rotatable bonds is 7. The predicted octanol–water partition coefficient (Wildman–Crippen LogP) is 2.32. The number of hydrogen-bond donors (Lipinski definition) is 2. The van der Waals surface area contributed by atoms with Gasteiger partial charge in [0.2, 0.25) is 0 Å². The zero-order valence-corrected chi connectivity index (χ0v) is 11.0. The van der Waals surface area contributed by atoms with E-state index in [9.17, 15) is 4.79 Å². The van der Waals surface area contributed by atoms with Gasteiger partial charge in [-0.25, -0.2) is 4.98 Å². The molecule has 90 valence electrons. The molecule has 16 heavy (non-hydrogen) atoms. The fraction of sp³-hybridized carbons (Fsp3) is 0.600. The number of nitrogens with one attached hydrogen (secondary N) is 1. The molecule has 0 aliphatic rings. The molecule has 1 aromatic heterocycles. The van der Waals surface area contributed by atoms with E-state index in [2.05, 4.69) is 23.5 Å². The molecule has 0 bridgehead atoms. The van der Waals surface area contributed by atoms with Crippen LogP contribution < -0.4 is 5.32 Å². The van der Waals surface area contributed by atoms with Crippen molar-refractivity contribution in [2.45, 2.75) is 25.0 Å². The van der Waals surface area contributed by atoms with E-state index in [0.29, 0.717) is 11.7 Å². The predicted molar refractivity (Wildman–Crippen MR) is 69.5 cm³/mol. The van der Waals surface area contributed by atoms with Gasteiger partial charge in [-0.1, -0.05) is 6.92 Å².